The molecule has 0 atom stereocenters. The zero-order chi connectivity index (χ0) is 14.4. The van der Waals surface area contributed by atoms with Crippen LogP contribution in [0.3, 0.4) is 0 Å². The number of carboxylic acids is 1. The average Bonchev–Trinajstić information content (AvgIpc) is 2.96. The van der Waals surface area contributed by atoms with Crippen LogP contribution in [0.2, 0.25) is 0 Å². The number of ether oxygens (including phenoxy) is 1. The second kappa shape index (κ2) is 6.55. The maximum absolute atomic E-state index is 11.1. The fourth-order valence-corrected chi connectivity index (χ4v) is 1.80. The molecule has 0 saturated heterocycles. The molecule has 0 aliphatic heterocycles. The van der Waals surface area contributed by atoms with Crippen LogP contribution in [0, 0.1) is 0 Å². The zero-order valence-corrected chi connectivity index (χ0v) is 11.1. The summed E-state index contributed by atoms with van der Waals surface area (Å²) < 4.78 is 6.83. The lowest BCUT2D eigenvalue weighted by Crippen LogP contribution is -2.10. The summed E-state index contributed by atoms with van der Waals surface area (Å²) in [4.78, 5) is 11.1. The summed E-state index contributed by atoms with van der Waals surface area (Å²) >= 11 is 0. The summed E-state index contributed by atoms with van der Waals surface area (Å²) in [7, 11) is 1.55. The van der Waals surface area contributed by atoms with Gasteiger partial charge in [-0.05, 0) is 18.6 Å². The van der Waals surface area contributed by atoms with Crippen molar-refractivity contribution in [2.45, 2.75) is 13.0 Å². The van der Waals surface area contributed by atoms with Crippen molar-refractivity contribution >= 4 is 11.7 Å². The Hall–Kier alpha value is -2.57. The molecule has 0 radical (unpaired) electrons. The van der Waals surface area contributed by atoms with Gasteiger partial charge in [0, 0.05) is 25.4 Å². The third-order valence-corrected chi connectivity index (χ3v) is 2.81. The van der Waals surface area contributed by atoms with Crippen molar-refractivity contribution in [3.8, 4) is 5.75 Å². The molecule has 1 aromatic heterocycles. The number of aryl methyl sites for hydroxylation is 1. The van der Waals surface area contributed by atoms with Crippen molar-refractivity contribution < 1.29 is 14.6 Å². The van der Waals surface area contributed by atoms with Crippen LogP contribution in [0.4, 0.5) is 5.69 Å². The van der Waals surface area contributed by atoms with Gasteiger partial charge in [0.1, 0.15) is 5.75 Å². The minimum absolute atomic E-state index is 0.228. The zero-order valence-electron chi connectivity index (χ0n) is 11.1. The third kappa shape index (κ3) is 3.47. The molecule has 0 fully saturated rings. The SMILES string of the molecule is COc1ccc(C(=O)O)c(NCCCn2ccnn2)c1. The predicted octanol–water partition coefficient (Wildman–Crippen LogP) is 1.49. The molecule has 0 bridgehead atoms. The smallest absolute Gasteiger partial charge is 0.337 e. The van der Waals surface area contributed by atoms with Crippen LogP contribution >= 0.6 is 0 Å². The van der Waals surface area contributed by atoms with E-state index < -0.39 is 5.97 Å². The highest BCUT2D eigenvalue weighted by atomic mass is 16.5. The predicted molar refractivity (Wildman–Crippen MR) is 73.1 cm³/mol. The van der Waals surface area contributed by atoms with Crippen LogP contribution in [0.5, 0.6) is 5.75 Å². The van der Waals surface area contributed by atoms with Crippen LogP contribution in [0.25, 0.3) is 0 Å². The minimum atomic E-state index is -0.966. The number of hydrogen-bond donors (Lipinski definition) is 2. The fourth-order valence-electron chi connectivity index (χ4n) is 1.80. The van der Waals surface area contributed by atoms with Crippen molar-refractivity contribution in [3.05, 3.63) is 36.2 Å². The Morgan fingerprint density at radius 3 is 3.00 bits per heavy atom. The van der Waals surface area contributed by atoms with Gasteiger partial charge in [-0.15, -0.1) is 5.10 Å². The summed E-state index contributed by atoms with van der Waals surface area (Å²) in [5.74, 6) is -0.347. The molecule has 0 spiro atoms. The normalized spacial score (nSPS) is 10.2. The quantitative estimate of drug-likeness (QED) is 0.745. The Morgan fingerprint density at radius 2 is 2.35 bits per heavy atom. The second-order valence-corrected chi connectivity index (χ2v) is 4.16. The number of carbonyl (C=O) groups is 1. The Kier molecular flexibility index (Phi) is 4.54. The highest BCUT2D eigenvalue weighted by Crippen LogP contribution is 2.22. The lowest BCUT2D eigenvalue weighted by molar-refractivity contribution is 0.0698. The Balaban J connectivity index is 1.95. The number of methoxy groups -OCH3 is 1. The van der Waals surface area contributed by atoms with E-state index in [-0.39, 0.29) is 5.56 Å². The first-order valence-electron chi connectivity index (χ1n) is 6.20. The number of nitrogens with zero attached hydrogens (tertiary/aromatic N) is 3. The minimum Gasteiger partial charge on any atom is -0.497 e. The number of anilines is 1. The highest BCUT2D eigenvalue weighted by molar-refractivity contribution is 5.94. The van der Waals surface area contributed by atoms with Gasteiger partial charge in [0.05, 0.1) is 24.6 Å². The monoisotopic (exact) mass is 276 g/mol. The van der Waals surface area contributed by atoms with E-state index in [0.717, 1.165) is 13.0 Å². The van der Waals surface area contributed by atoms with Crippen LogP contribution in [-0.4, -0.2) is 39.7 Å². The fraction of sp³-hybridized carbons (Fsp3) is 0.308. The van der Waals surface area contributed by atoms with Gasteiger partial charge >= 0.3 is 5.97 Å². The Labute approximate surface area is 116 Å². The molecule has 106 valence electrons. The molecule has 0 aliphatic carbocycles. The molecule has 1 heterocycles. The first-order chi connectivity index (χ1) is 9.70. The van der Waals surface area contributed by atoms with Crippen molar-refractivity contribution in [1.29, 1.82) is 0 Å². The van der Waals surface area contributed by atoms with E-state index in [9.17, 15) is 4.79 Å². The molecule has 2 N–H and O–H groups in total. The summed E-state index contributed by atoms with van der Waals surface area (Å²) in [6.45, 7) is 1.35. The summed E-state index contributed by atoms with van der Waals surface area (Å²) in [6.07, 6.45) is 4.21. The van der Waals surface area contributed by atoms with Crippen molar-refractivity contribution in [2.75, 3.05) is 19.0 Å². The number of carboxylic acid groups (broad SMARTS) is 1. The van der Waals surface area contributed by atoms with E-state index in [4.69, 9.17) is 9.84 Å². The van der Waals surface area contributed by atoms with Gasteiger partial charge < -0.3 is 15.2 Å². The molecule has 0 unspecified atom stereocenters. The van der Waals surface area contributed by atoms with Crippen molar-refractivity contribution in [3.63, 3.8) is 0 Å². The Morgan fingerprint density at radius 1 is 1.50 bits per heavy atom. The number of aromatic nitrogens is 3. The van der Waals surface area contributed by atoms with Gasteiger partial charge in [0.15, 0.2) is 0 Å². The average molecular weight is 276 g/mol. The maximum atomic E-state index is 11.1. The van der Waals surface area contributed by atoms with Crippen LogP contribution < -0.4 is 10.1 Å². The number of aromatic carboxylic acids is 1. The molecule has 2 rings (SSSR count). The van der Waals surface area contributed by atoms with Gasteiger partial charge in [-0.3, -0.25) is 4.68 Å². The summed E-state index contributed by atoms with van der Waals surface area (Å²) in [5, 5.41) is 19.8. The molecule has 1 aromatic carbocycles. The van der Waals surface area contributed by atoms with Crippen molar-refractivity contribution in [2.24, 2.45) is 0 Å². The Bertz CT molecular complexity index is 569. The molecule has 0 aliphatic rings. The maximum Gasteiger partial charge on any atom is 0.337 e. The molecule has 20 heavy (non-hydrogen) atoms. The number of hydrogen-bond acceptors (Lipinski definition) is 5. The van der Waals surface area contributed by atoms with Crippen LogP contribution in [0.15, 0.2) is 30.6 Å². The second-order valence-electron chi connectivity index (χ2n) is 4.16. The molecule has 7 heteroatoms. The molecule has 0 amide bonds. The van der Waals surface area contributed by atoms with Crippen LogP contribution in [0.1, 0.15) is 16.8 Å². The first-order valence-corrected chi connectivity index (χ1v) is 6.20. The molecule has 7 nitrogen and oxygen atoms in total. The molecule has 0 saturated carbocycles. The van der Waals surface area contributed by atoms with E-state index in [1.807, 2.05) is 0 Å². The number of rotatable bonds is 7. The molecular weight excluding hydrogens is 260 g/mol. The van der Waals surface area contributed by atoms with Gasteiger partial charge in [0.25, 0.3) is 0 Å². The van der Waals surface area contributed by atoms with E-state index in [0.29, 0.717) is 18.0 Å². The number of nitrogens with one attached hydrogen (secondary N) is 1. The van der Waals surface area contributed by atoms with Gasteiger partial charge in [-0.1, -0.05) is 5.21 Å². The van der Waals surface area contributed by atoms with E-state index in [1.54, 1.807) is 36.3 Å². The lowest BCUT2D eigenvalue weighted by Gasteiger charge is -2.11. The van der Waals surface area contributed by atoms with Gasteiger partial charge in [-0.25, -0.2) is 4.79 Å². The summed E-state index contributed by atoms with van der Waals surface area (Å²) in [5.41, 5.74) is 0.780. The molecular formula is C13H16N4O3. The largest absolute Gasteiger partial charge is 0.497 e. The standard InChI is InChI=1S/C13H16N4O3/c1-20-10-3-4-11(13(18)19)12(9-10)14-5-2-7-17-8-6-15-16-17/h3-4,6,8-9,14H,2,5,7H2,1H3,(H,18,19). The topological polar surface area (TPSA) is 89.3 Å². The highest BCUT2D eigenvalue weighted by Gasteiger charge is 2.10. The van der Waals surface area contributed by atoms with E-state index in [1.165, 1.54) is 6.07 Å². The van der Waals surface area contributed by atoms with E-state index in [2.05, 4.69) is 15.6 Å². The van der Waals surface area contributed by atoms with Gasteiger partial charge in [0.2, 0.25) is 0 Å². The van der Waals surface area contributed by atoms with Crippen molar-refractivity contribution in [1.82, 2.24) is 15.0 Å². The van der Waals surface area contributed by atoms with Crippen LogP contribution in [-0.2, 0) is 6.54 Å². The summed E-state index contributed by atoms with van der Waals surface area (Å²) in [6, 6.07) is 4.84. The van der Waals surface area contributed by atoms with Gasteiger partial charge in [-0.2, -0.15) is 0 Å². The van der Waals surface area contributed by atoms with E-state index >= 15 is 0 Å². The third-order valence-electron chi connectivity index (χ3n) is 2.81. The number of benzene rings is 1. The molecule has 2 aromatic rings. The first kappa shape index (κ1) is 13.9. The lowest BCUT2D eigenvalue weighted by atomic mass is 10.1.